The minimum Gasteiger partial charge on any atom is -0.463 e. The second-order valence-corrected chi connectivity index (χ2v) is 9.09. The van der Waals surface area contributed by atoms with Crippen molar-refractivity contribution in [2.24, 2.45) is 11.8 Å². The van der Waals surface area contributed by atoms with Crippen LogP contribution in [0.25, 0.3) is 0 Å². The molecule has 1 aromatic rings. The summed E-state index contributed by atoms with van der Waals surface area (Å²) in [6, 6.07) is 10.1. The largest absolute Gasteiger partial charge is 0.463 e. The first-order valence-electron chi connectivity index (χ1n) is 11.8. The van der Waals surface area contributed by atoms with Gasteiger partial charge in [0.15, 0.2) is 0 Å². The van der Waals surface area contributed by atoms with E-state index in [1.807, 2.05) is 38.1 Å². The number of hydrogen-bond acceptors (Lipinski definition) is 5. The van der Waals surface area contributed by atoms with Crippen molar-refractivity contribution in [3.05, 3.63) is 48.0 Å². The van der Waals surface area contributed by atoms with Crippen molar-refractivity contribution in [2.75, 3.05) is 0 Å². The Balaban J connectivity index is 1.70. The maximum Gasteiger partial charge on any atom is 0.306 e. The second kappa shape index (κ2) is 13.7. The molecule has 31 heavy (non-hydrogen) atoms. The average molecular weight is 433 g/mol. The van der Waals surface area contributed by atoms with Crippen LogP contribution in [0.4, 0.5) is 0 Å². The molecule has 1 saturated carbocycles. The molecule has 0 amide bonds. The Bertz CT molecular complexity index is 657. The zero-order valence-electron chi connectivity index (χ0n) is 19.0. The number of rotatable bonds is 13. The van der Waals surface area contributed by atoms with E-state index in [2.05, 4.69) is 18.2 Å². The van der Waals surface area contributed by atoms with E-state index in [1.165, 1.54) is 5.56 Å². The topological polar surface area (TPSA) is 87.0 Å². The lowest BCUT2D eigenvalue weighted by atomic mass is 9.85. The molecule has 1 aromatic carbocycles. The van der Waals surface area contributed by atoms with Crippen molar-refractivity contribution < 1.29 is 24.9 Å². The summed E-state index contributed by atoms with van der Waals surface area (Å²) in [6.45, 7) is 3.69. The zero-order chi connectivity index (χ0) is 22.6. The molecule has 0 unspecified atom stereocenters. The number of aryl methyl sites for hydroxylation is 1. The highest BCUT2D eigenvalue weighted by Crippen LogP contribution is 2.38. The molecule has 3 N–H and O–H groups in total. The van der Waals surface area contributed by atoms with Crippen LogP contribution in [0, 0.1) is 11.8 Å². The number of ether oxygens (including phenoxy) is 1. The summed E-state index contributed by atoms with van der Waals surface area (Å²) < 4.78 is 5.12. The molecule has 5 nitrogen and oxygen atoms in total. The summed E-state index contributed by atoms with van der Waals surface area (Å²) in [4.78, 5) is 11.5. The minimum absolute atomic E-state index is 0.00652. The normalized spacial score (nSPS) is 24.7. The highest BCUT2D eigenvalue weighted by Gasteiger charge is 2.40. The number of aliphatic hydroxyl groups is 3. The number of allylic oxidation sites excluding steroid dienone is 2. The van der Waals surface area contributed by atoms with Crippen molar-refractivity contribution in [1.82, 2.24) is 0 Å². The first-order chi connectivity index (χ1) is 14.9. The van der Waals surface area contributed by atoms with Crippen molar-refractivity contribution in [3.63, 3.8) is 0 Å². The van der Waals surface area contributed by atoms with Crippen LogP contribution < -0.4 is 0 Å². The number of carbonyl (C=O) groups excluding carboxylic acids is 1. The zero-order valence-corrected chi connectivity index (χ0v) is 19.0. The SMILES string of the molecule is CC(C)OC(=O)CCC/C=C\C[C@H]1[C@@H](CC[C@H](O)CCc2ccccc2)[C@@H](O)C[C@@H]1O. The Morgan fingerprint density at radius 2 is 1.81 bits per heavy atom. The summed E-state index contributed by atoms with van der Waals surface area (Å²) in [6.07, 6.45) is 8.58. The lowest BCUT2D eigenvalue weighted by Crippen LogP contribution is -2.23. The van der Waals surface area contributed by atoms with Gasteiger partial charge in [-0.25, -0.2) is 0 Å². The second-order valence-electron chi connectivity index (χ2n) is 9.09. The maximum atomic E-state index is 11.5. The van der Waals surface area contributed by atoms with Crippen LogP contribution in [0.3, 0.4) is 0 Å². The number of carbonyl (C=O) groups is 1. The third-order valence-corrected chi connectivity index (χ3v) is 6.16. The number of esters is 1. The van der Waals surface area contributed by atoms with Gasteiger partial charge in [-0.15, -0.1) is 0 Å². The number of aliphatic hydroxyl groups excluding tert-OH is 3. The van der Waals surface area contributed by atoms with E-state index in [1.54, 1.807) is 0 Å². The first-order valence-corrected chi connectivity index (χ1v) is 11.8. The van der Waals surface area contributed by atoms with Crippen LogP contribution in [0.15, 0.2) is 42.5 Å². The molecule has 0 heterocycles. The molecule has 5 heteroatoms. The van der Waals surface area contributed by atoms with Gasteiger partial charge in [-0.1, -0.05) is 42.5 Å². The van der Waals surface area contributed by atoms with Crippen LogP contribution in [-0.4, -0.2) is 45.7 Å². The summed E-state index contributed by atoms with van der Waals surface area (Å²) in [5.41, 5.74) is 1.22. The van der Waals surface area contributed by atoms with E-state index < -0.39 is 18.3 Å². The molecule has 0 spiro atoms. The van der Waals surface area contributed by atoms with Gasteiger partial charge in [0.25, 0.3) is 0 Å². The van der Waals surface area contributed by atoms with Gasteiger partial charge in [0.1, 0.15) is 0 Å². The Morgan fingerprint density at radius 3 is 2.52 bits per heavy atom. The standard InChI is InChI=1S/C26H40O5/c1-19(2)31-26(30)13-9-4-3-8-12-22-23(25(29)18-24(22)28)17-16-21(27)15-14-20-10-6-5-7-11-20/h3,5-8,10-11,19,21-25,27-29H,4,9,12-18H2,1-2H3/b8-3-/t21-,22+,23-,24+,25+/m1/s1. The molecular formula is C26H40O5. The van der Waals surface area contributed by atoms with Gasteiger partial charge in [0.05, 0.1) is 24.4 Å². The predicted molar refractivity (Wildman–Crippen MR) is 122 cm³/mol. The first kappa shape index (κ1) is 25.6. The van der Waals surface area contributed by atoms with E-state index in [4.69, 9.17) is 4.74 Å². The number of hydrogen-bond donors (Lipinski definition) is 3. The van der Waals surface area contributed by atoms with Gasteiger partial charge in [-0.3, -0.25) is 4.79 Å². The third-order valence-electron chi connectivity index (χ3n) is 6.16. The van der Waals surface area contributed by atoms with E-state index >= 15 is 0 Å². The lowest BCUT2D eigenvalue weighted by molar-refractivity contribution is -0.147. The van der Waals surface area contributed by atoms with Crippen molar-refractivity contribution >= 4 is 5.97 Å². The van der Waals surface area contributed by atoms with E-state index in [0.717, 1.165) is 19.3 Å². The molecule has 0 aromatic heterocycles. The van der Waals surface area contributed by atoms with Gasteiger partial charge in [0, 0.05) is 6.42 Å². The molecule has 1 fully saturated rings. The number of unbranched alkanes of at least 4 members (excludes halogenated alkanes) is 1. The van der Waals surface area contributed by atoms with E-state index in [0.29, 0.717) is 38.5 Å². The van der Waals surface area contributed by atoms with Gasteiger partial charge < -0.3 is 20.1 Å². The summed E-state index contributed by atoms with van der Waals surface area (Å²) in [7, 11) is 0. The Kier molecular flexibility index (Phi) is 11.3. The van der Waals surface area contributed by atoms with Crippen molar-refractivity contribution in [3.8, 4) is 0 Å². The maximum absolute atomic E-state index is 11.5. The van der Waals surface area contributed by atoms with Crippen LogP contribution in [0.2, 0.25) is 0 Å². The lowest BCUT2D eigenvalue weighted by Gasteiger charge is -2.23. The quantitative estimate of drug-likeness (QED) is 0.247. The summed E-state index contributed by atoms with van der Waals surface area (Å²) in [5.74, 6) is -0.144. The molecule has 1 aliphatic carbocycles. The molecule has 1 aliphatic rings. The van der Waals surface area contributed by atoms with Gasteiger partial charge in [0.2, 0.25) is 0 Å². The Hall–Kier alpha value is -1.69. The summed E-state index contributed by atoms with van der Waals surface area (Å²) >= 11 is 0. The fraction of sp³-hybridized carbons (Fsp3) is 0.654. The van der Waals surface area contributed by atoms with Crippen LogP contribution >= 0.6 is 0 Å². The molecule has 2 rings (SSSR count). The van der Waals surface area contributed by atoms with Crippen LogP contribution in [0.5, 0.6) is 0 Å². The van der Waals surface area contributed by atoms with Gasteiger partial charge >= 0.3 is 5.97 Å². The Labute approximate surface area is 187 Å². The molecule has 0 aliphatic heterocycles. The molecular weight excluding hydrogens is 392 g/mol. The predicted octanol–water partition coefficient (Wildman–Crippen LogP) is 4.19. The fourth-order valence-electron chi connectivity index (χ4n) is 4.47. The van der Waals surface area contributed by atoms with Gasteiger partial charge in [-0.2, -0.15) is 0 Å². The smallest absolute Gasteiger partial charge is 0.306 e. The average Bonchev–Trinajstić information content (AvgIpc) is 3.00. The molecule has 0 bridgehead atoms. The third kappa shape index (κ3) is 9.55. The highest BCUT2D eigenvalue weighted by atomic mass is 16.5. The fourth-order valence-corrected chi connectivity index (χ4v) is 4.47. The van der Waals surface area contributed by atoms with E-state index in [9.17, 15) is 20.1 Å². The van der Waals surface area contributed by atoms with Crippen LogP contribution in [-0.2, 0) is 16.0 Å². The van der Waals surface area contributed by atoms with Crippen molar-refractivity contribution in [2.45, 2.75) is 96.1 Å². The molecule has 5 atom stereocenters. The molecule has 0 saturated heterocycles. The molecule has 0 radical (unpaired) electrons. The minimum atomic E-state index is -0.513. The van der Waals surface area contributed by atoms with Crippen LogP contribution in [0.1, 0.15) is 70.8 Å². The monoisotopic (exact) mass is 432 g/mol. The van der Waals surface area contributed by atoms with E-state index in [-0.39, 0.29) is 23.9 Å². The van der Waals surface area contributed by atoms with Gasteiger partial charge in [-0.05, 0) is 82.6 Å². The molecule has 174 valence electrons. The summed E-state index contributed by atoms with van der Waals surface area (Å²) in [5, 5.41) is 31.2. The highest BCUT2D eigenvalue weighted by molar-refractivity contribution is 5.69. The number of benzene rings is 1. The Morgan fingerprint density at radius 1 is 1.10 bits per heavy atom. The van der Waals surface area contributed by atoms with Crippen molar-refractivity contribution in [1.29, 1.82) is 0 Å².